The van der Waals surface area contributed by atoms with Crippen LogP contribution in [0.4, 0.5) is 14.6 Å². The van der Waals surface area contributed by atoms with E-state index in [0.717, 1.165) is 0 Å². The van der Waals surface area contributed by atoms with Gasteiger partial charge in [0.1, 0.15) is 17.6 Å². The van der Waals surface area contributed by atoms with Gasteiger partial charge in [0, 0.05) is 6.54 Å². The van der Waals surface area contributed by atoms with E-state index >= 15 is 0 Å². The minimum Gasteiger partial charge on any atom is -0.395 e. The number of aliphatic hydroxyl groups excluding tert-OH is 1. The van der Waals surface area contributed by atoms with E-state index in [9.17, 15) is 8.78 Å². The number of halogens is 2. The third-order valence-corrected chi connectivity index (χ3v) is 1.90. The molecule has 1 aromatic rings. The average molecular weight is 227 g/mol. The molecule has 16 heavy (non-hydrogen) atoms. The maximum Gasteiger partial charge on any atom is 0.255 e. The van der Waals surface area contributed by atoms with Gasteiger partial charge in [0.05, 0.1) is 13.2 Å². The first-order chi connectivity index (χ1) is 7.67. The summed E-state index contributed by atoms with van der Waals surface area (Å²) in [5, 5.41) is 17.4. The molecule has 1 aromatic heterocycles. The summed E-state index contributed by atoms with van der Waals surface area (Å²) in [5.74, 6) is 0.272. The Hall–Kier alpha value is -1.74. The van der Waals surface area contributed by atoms with Gasteiger partial charge in [0.2, 0.25) is 0 Å². The molecule has 0 amide bonds. The van der Waals surface area contributed by atoms with Gasteiger partial charge in [-0.15, -0.1) is 0 Å². The predicted molar refractivity (Wildman–Crippen MR) is 54.3 cm³/mol. The predicted octanol–water partition coefficient (Wildman–Crippen LogP) is 1.02. The lowest BCUT2D eigenvalue weighted by molar-refractivity contribution is 0.152. The van der Waals surface area contributed by atoms with Crippen LogP contribution >= 0.6 is 0 Å². The Morgan fingerprint density at radius 2 is 2.25 bits per heavy atom. The van der Waals surface area contributed by atoms with E-state index in [2.05, 4.69) is 4.98 Å². The van der Waals surface area contributed by atoms with Crippen molar-refractivity contribution in [2.24, 2.45) is 0 Å². The van der Waals surface area contributed by atoms with Crippen molar-refractivity contribution in [2.45, 2.75) is 6.43 Å². The first kappa shape index (κ1) is 12.3. The van der Waals surface area contributed by atoms with Gasteiger partial charge in [-0.05, 0) is 12.1 Å². The molecule has 0 saturated heterocycles. The number of nitrogens with zero attached hydrogens (tertiary/aromatic N) is 3. The van der Waals surface area contributed by atoms with Crippen LogP contribution in [0, 0.1) is 11.3 Å². The first-order valence-corrected chi connectivity index (χ1v) is 4.68. The highest BCUT2D eigenvalue weighted by atomic mass is 19.3. The summed E-state index contributed by atoms with van der Waals surface area (Å²) in [6, 6.07) is 6.41. The molecule has 1 N–H and O–H groups in total. The molecule has 0 bridgehead atoms. The summed E-state index contributed by atoms with van der Waals surface area (Å²) in [5.41, 5.74) is 0.162. The number of pyridine rings is 1. The highest BCUT2D eigenvalue weighted by Gasteiger charge is 2.13. The molecule has 0 aliphatic carbocycles. The molecule has 0 fully saturated rings. The number of anilines is 1. The Morgan fingerprint density at radius 1 is 1.50 bits per heavy atom. The second kappa shape index (κ2) is 5.98. The Balaban J connectivity index is 2.87. The molecule has 0 radical (unpaired) electrons. The molecule has 0 aliphatic rings. The van der Waals surface area contributed by atoms with E-state index < -0.39 is 13.0 Å². The monoisotopic (exact) mass is 227 g/mol. The highest BCUT2D eigenvalue weighted by Crippen LogP contribution is 2.12. The number of alkyl halides is 2. The Morgan fingerprint density at radius 3 is 2.81 bits per heavy atom. The van der Waals surface area contributed by atoms with Crippen LogP contribution in [0.2, 0.25) is 0 Å². The van der Waals surface area contributed by atoms with Crippen LogP contribution in [0.25, 0.3) is 0 Å². The van der Waals surface area contributed by atoms with Crippen LogP contribution in [-0.4, -0.2) is 36.2 Å². The van der Waals surface area contributed by atoms with Crippen LogP contribution in [0.3, 0.4) is 0 Å². The zero-order chi connectivity index (χ0) is 12.0. The summed E-state index contributed by atoms with van der Waals surface area (Å²) >= 11 is 0. The molecular formula is C10H11F2N3O. The molecule has 0 aromatic carbocycles. The standard InChI is InChI=1S/C10H11F2N3O/c11-9(12)7-15(4-5-16)10-3-1-2-8(6-13)14-10/h1-3,9,16H,4-5,7H2. The normalized spacial score (nSPS) is 10.2. The van der Waals surface area contributed by atoms with Crippen molar-refractivity contribution in [1.82, 2.24) is 4.98 Å². The maximum absolute atomic E-state index is 12.3. The van der Waals surface area contributed by atoms with E-state index in [1.54, 1.807) is 6.07 Å². The average Bonchev–Trinajstić information content (AvgIpc) is 2.28. The Bertz CT molecular complexity index is 379. The van der Waals surface area contributed by atoms with E-state index in [0.29, 0.717) is 0 Å². The zero-order valence-corrected chi connectivity index (χ0v) is 8.48. The third-order valence-electron chi connectivity index (χ3n) is 1.90. The second-order valence-corrected chi connectivity index (χ2v) is 3.05. The molecular weight excluding hydrogens is 216 g/mol. The van der Waals surface area contributed by atoms with E-state index in [4.69, 9.17) is 10.4 Å². The van der Waals surface area contributed by atoms with Crippen molar-refractivity contribution in [2.75, 3.05) is 24.6 Å². The summed E-state index contributed by atoms with van der Waals surface area (Å²) in [4.78, 5) is 5.13. The minimum absolute atomic E-state index is 0.0617. The molecule has 0 aliphatic heterocycles. The van der Waals surface area contributed by atoms with Gasteiger partial charge in [-0.2, -0.15) is 5.26 Å². The summed E-state index contributed by atoms with van der Waals surface area (Å²) in [7, 11) is 0. The van der Waals surface area contributed by atoms with Crippen molar-refractivity contribution in [3.63, 3.8) is 0 Å². The molecule has 1 heterocycles. The maximum atomic E-state index is 12.3. The van der Waals surface area contributed by atoms with Crippen LogP contribution in [-0.2, 0) is 0 Å². The quantitative estimate of drug-likeness (QED) is 0.815. The number of nitriles is 1. The molecule has 1 rings (SSSR count). The Kier molecular flexibility index (Phi) is 4.61. The zero-order valence-electron chi connectivity index (χ0n) is 8.48. The fraction of sp³-hybridized carbons (Fsp3) is 0.400. The molecule has 0 unspecified atom stereocenters. The van der Waals surface area contributed by atoms with E-state index in [1.807, 2.05) is 6.07 Å². The smallest absolute Gasteiger partial charge is 0.255 e. The topological polar surface area (TPSA) is 60.2 Å². The number of hydrogen-bond donors (Lipinski definition) is 1. The fourth-order valence-corrected chi connectivity index (χ4v) is 1.25. The van der Waals surface area contributed by atoms with Gasteiger partial charge < -0.3 is 10.0 Å². The number of rotatable bonds is 5. The van der Waals surface area contributed by atoms with Crippen LogP contribution in [0.1, 0.15) is 5.69 Å². The summed E-state index contributed by atoms with van der Waals surface area (Å²) in [6.07, 6.45) is -2.51. The van der Waals surface area contributed by atoms with E-state index in [1.165, 1.54) is 17.0 Å². The SMILES string of the molecule is N#Cc1cccc(N(CCO)CC(F)F)n1. The molecule has 4 nitrogen and oxygen atoms in total. The summed E-state index contributed by atoms with van der Waals surface area (Å²) < 4.78 is 24.5. The molecule has 0 saturated carbocycles. The third kappa shape index (κ3) is 3.44. The van der Waals surface area contributed by atoms with Crippen molar-refractivity contribution in [1.29, 1.82) is 5.26 Å². The summed E-state index contributed by atoms with van der Waals surface area (Å²) in [6.45, 7) is -0.695. The van der Waals surface area contributed by atoms with Crippen LogP contribution in [0.5, 0.6) is 0 Å². The minimum atomic E-state index is -2.51. The molecule has 0 spiro atoms. The van der Waals surface area contributed by atoms with Crippen LogP contribution in [0.15, 0.2) is 18.2 Å². The van der Waals surface area contributed by atoms with Gasteiger partial charge in [-0.3, -0.25) is 0 Å². The van der Waals surface area contributed by atoms with Gasteiger partial charge in [0.15, 0.2) is 0 Å². The molecule has 0 atom stereocenters. The van der Waals surface area contributed by atoms with Gasteiger partial charge >= 0.3 is 0 Å². The lowest BCUT2D eigenvalue weighted by Gasteiger charge is -2.22. The van der Waals surface area contributed by atoms with Gasteiger partial charge in [0.25, 0.3) is 6.43 Å². The molecule has 6 heteroatoms. The number of aromatic nitrogens is 1. The Labute approximate surface area is 91.8 Å². The van der Waals surface area contributed by atoms with E-state index in [-0.39, 0.29) is 24.7 Å². The van der Waals surface area contributed by atoms with Gasteiger partial charge in [-0.1, -0.05) is 6.07 Å². The first-order valence-electron chi connectivity index (χ1n) is 4.68. The second-order valence-electron chi connectivity index (χ2n) is 3.05. The largest absolute Gasteiger partial charge is 0.395 e. The van der Waals surface area contributed by atoms with Crippen molar-refractivity contribution < 1.29 is 13.9 Å². The number of aliphatic hydroxyl groups is 1. The highest BCUT2D eigenvalue weighted by molar-refractivity contribution is 5.41. The van der Waals surface area contributed by atoms with Crippen molar-refractivity contribution >= 4 is 5.82 Å². The van der Waals surface area contributed by atoms with Crippen LogP contribution < -0.4 is 4.90 Å². The van der Waals surface area contributed by atoms with Crippen molar-refractivity contribution in [3.8, 4) is 6.07 Å². The fourth-order valence-electron chi connectivity index (χ4n) is 1.25. The van der Waals surface area contributed by atoms with Gasteiger partial charge in [-0.25, -0.2) is 13.8 Å². The van der Waals surface area contributed by atoms with Crippen molar-refractivity contribution in [3.05, 3.63) is 23.9 Å². The lowest BCUT2D eigenvalue weighted by atomic mass is 10.3. The number of hydrogen-bond acceptors (Lipinski definition) is 4. The molecule has 86 valence electrons. The lowest BCUT2D eigenvalue weighted by Crippen LogP contribution is -2.32.